The second kappa shape index (κ2) is 6.72. The Labute approximate surface area is 98.5 Å². The Kier molecular flexibility index (Phi) is 6.41. The Hall–Kier alpha value is -0.700. The summed E-state index contributed by atoms with van der Waals surface area (Å²) in [6.45, 7) is 7.92. The van der Waals surface area contributed by atoms with E-state index in [1.54, 1.807) is 4.90 Å². The van der Waals surface area contributed by atoms with Gasteiger partial charge in [-0.3, -0.25) is 0 Å². The molecule has 1 atom stereocenters. The first kappa shape index (κ1) is 14.3. The van der Waals surface area contributed by atoms with Crippen molar-refractivity contribution in [1.29, 1.82) is 0 Å². The number of urea groups is 1. The van der Waals surface area contributed by atoms with E-state index >= 15 is 0 Å². The molecule has 15 heavy (non-hydrogen) atoms. The molecular formula is C11H21ClN2O. The van der Waals surface area contributed by atoms with Gasteiger partial charge < -0.3 is 9.80 Å². The lowest BCUT2D eigenvalue weighted by molar-refractivity contribution is 0.153. The van der Waals surface area contributed by atoms with Gasteiger partial charge in [-0.25, -0.2) is 4.79 Å². The number of halogens is 1. The second-order valence-electron chi connectivity index (χ2n) is 3.75. The summed E-state index contributed by atoms with van der Waals surface area (Å²) in [5.41, 5.74) is 0. The first-order chi connectivity index (χ1) is 6.70. The standard InChI is InChI=1S/C11H20N2O.ClH/c1-4-7-12-9-6-10(3)13(8-5-2)11(12)14;/h6,9-10H,4-5,7-8H2,1-3H3;1H. The summed E-state index contributed by atoms with van der Waals surface area (Å²) in [5, 5.41) is 0. The third-order valence-corrected chi connectivity index (χ3v) is 2.46. The Morgan fingerprint density at radius 1 is 1.27 bits per heavy atom. The van der Waals surface area contributed by atoms with Gasteiger partial charge in [-0.15, -0.1) is 12.4 Å². The van der Waals surface area contributed by atoms with Crippen LogP contribution in [0.4, 0.5) is 4.79 Å². The Morgan fingerprint density at radius 3 is 2.40 bits per heavy atom. The topological polar surface area (TPSA) is 23.6 Å². The van der Waals surface area contributed by atoms with Crippen molar-refractivity contribution in [1.82, 2.24) is 9.80 Å². The molecule has 1 unspecified atom stereocenters. The number of hydrogen-bond acceptors (Lipinski definition) is 1. The molecule has 0 bridgehead atoms. The fourth-order valence-electron chi connectivity index (χ4n) is 1.69. The zero-order chi connectivity index (χ0) is 10.6. The van der Waals surface area contributed by atoms with Gasteiger partial charge in [0, 0.05) is 19.3 Å². The third kappa shape index (κ3) is 3.42. The minimum atomic E-state index is 0. The Balaban J connectivity index is 0.00000196. The van der Waals surface area contributed by atoms with Crippen LogP contribution >= 0.6 is 12.4 Å². The molecule has 1 aliphatic rings. The van der Waals surface area contributed by atoms with Gasteiger partial charge in [0.1, 0.15) is 0 Å². The molecule has 0 spiro atoms. The van der Waals surface area contributed by atoms with E-state index < -0.39 is 0 Å². The van der Waals surface area contributed by atoms with Crippen molar-refractivity contribution in [2.45, 2.75) is 39.7 Å². The normalized spacial score (nSPS) is 20.5. The van der Waals surface area contributed by atoms with E-state index in [0.717, 1.165) is 25.9 Å². The first-order valence-electron chi connectivity index (χ1n) is 5.46. The maximum atomic E-state index is 11.9. The van der Waals surface area contributed by atoms with E-state index in [1.165, 1.54) is 0 Å². The van der Waals surface area contributed by atoms with Crippen LogP contribution < -0.4 is 0 Å². The zero-order valence-electron chi connectivity index (χ0n) is 9.77. The van der Waals surface area contributed by atoms with Crippen LogP contribution in [0.25, 0.3) is 0 Å². The van der Waals surface area contributed by atoms with Crippen LogP contribution in [0, 0.1) is 0 Å². The average molecular weight is 233 g/mol. The molecule has 1 heterocycles. The van der Waals surface area contributed by atoms with Crippen LogP contribution in [0.1, 0.15) is 33.6 Å². The minimum Gasteiger partial charge on any atom is -0.318 e. The van der Waals surface area contributed by atoms with Gasteiger partial charge in [-0.2, -0.15) is 0 Å². The van der Waals surface area contributed by atoms with E-state index in [9.17, 15) is 4.79 Å². The van der Waals surface area contributed by atoms with Gasteiger partial charge in [0.05, 0.1) is 6.04 Å². The molecule has 0 fully saturated rings. The summed E-state index contributed by atoms with van der Waals surface area (Å²) >= 11 is 0. The maximum Gasteiger partial charge on any atom is 0.324 e. The molecule has 0 aromatic carbocycles. The Morgan fingerprint density at radius 2 is 1.87 bits per heavy atom. The lowest BCUT2D eigenvalue weighted by atomic mass is 10.2. The quantitative estimate of drug-likeness (QED) is 0.731. The third-order valence-electron chi connectivity index (χ3n) is 2.46. The van der Waals surface area contributed by atoms with Crippen LogP contribution in [0.3, 0.4) is 0 Å². The van der Waals surface area contributed by atoms with Gasteiger partial charge in [-0.05, 0) is 25.8 Å². The Bertz CT molecular complexity index is 231. The fraction of sp³-hybridized carbons (Fsp3) is 0.727. The van der Waals surface area contributed by atoms with Crippen LogP contribution in [0.5, 0.6) is 0 Å². The molecule has 0 aromatic heterocycles. The molecule has 88 valence electrons. The molecular weight excluding hydrogens is 212 g/mol. The highest BCUT2D eigenvalue weighted by molar-refractivity contribution is 5.85. The molecule has 0 N–H and O–H groups in total. The van der Waals surface area contributed by atoms with Crippen molar-refractivity contribution < 1.29 is 4.79 Å². The van der Waals surface area contributed by atoms with Gasteiger partial charge in [-0.1, -0.05) is 13.8 Å². The number of rotatable bonds is 4. The number of carbonyl (C=O) groups excluding carboxylic acids is 1. The van der Waals surface area contributed by atoms with Crippen molar-refractivity contribution in [3.05, 3.63) is 12.3 Å². The number of hydrogen-bond donors (Lipinski definition) is 0. The fourth-order valence-corrected chi connectivity index (χ4v) is 1.69. The second-order valence-corrected chi connectivity index (χ2v) is 3.75. The van der Waals surface area contributed by atoms with Crippen molar-refractivity contribution in [3.8, 4) is 0 Å². The summed E-state index contributed by atoms with van der Waals surface area (Å²) in [7, 11) is 0. The van der Waals surface area contributed by atoms with Crippen molar-refractivity contribution >= 4 is 18.4 Å². The molecule has 3 nitrogen and oxygen atoms in total. The summed E-state index contributed by atoms with van der Waals surface area (Å²) in [5.74, 6) is 0. The first-order valence-corrected chi connectivity index (χ1v) is 5.46. The molecule has 1 rings (SSSR count). The van der Waals surface area contributed by atoms with Crippen molar-refractivity contribution in [2.75, 3.05) is 13.1 Å². The number of amides is 2. The molecule has 0 radical (unpaired) electrons. The van der Waals surface area contributed by atoms with E-state index in [1.807, 2.05) is 11.1 Å². The molecule has 0 aliphatic carbocycles. The van der Waals surface area contributed by atoms with Crippen LogP contribution in [-0.4, -0.2) is 35.0 Å². The SMILES string of the molecule is CCCN1C=CC(C)N(CCC)C1=O.Cl. The van der Waals surface area contributed by atoms with Gasteiger partial charge in [0.15, 0.2) is 0 Å². The molecule has 0 saturated carbocycles. The number of carbonyl (C=O) groups is 1. The average Bonchev–Trinajstić information content (AvgIpc) is 2.17. The van der Waals surface area contributed by atoms with Crippen molar-refractivity contribution in [3.63, 3.8) is 0 Å². The van der Waals surface area contributed by atoms with E-state index in [2.05, 4.69) is 26.8 Å². The number of nitrogens with zero attached hydrogens (tertiary/aromatic N) is 2. The maximum absolute atomic E-state index is 11.9. The van der Waals surface area contributed by atoms with Crippen LogP contribution in [-0.2, 0) is 0 Å². The van der Waals surface area contributed by atoms with Crippen LogP contribution in [0.2, 0.25) is 0 Å². The monoisotopic (exact) mass is 232 g/mol. The molecule has 1 aliphatic heterocycles. The highest BCUT2D eigenvalue weighted by Gasteiger charge is 2.25. The van der Waals surface area contributed by atoms with Gasteiger partial charge in [0.2, 0.25) is 0 Å². The summed E-state index contributed by atoms with van der Waals surface area (Å²) in [6.07, 6.45) is 6.03. The molecule has 2 amide bonds. The summed E-state index contributed by atoms with van der Waals surface area (Å²) < 4.78 is 0. The lowest BCUT2D eigenvalue weighted by Gasteiger charge is -2.35. The molecule has 0 saturated heterocycles. The summed E-state index contributed by atoms with van der Waals surface area (Å²) in [6, 6.07) is 0.402. The molecule has 0 aromatic rings. The largest absolute Gasteiger partial charge is 0.324 e. The smallest absolute Gasteiger partial charge is 0.318 e. The summed E-state index contributed by atoms with van der Waals surface area (Å²) in [4.78, 5) is 15.6. The van der Waals surface area contributed by atoms with E-state index in [0.29, 0.717) is 0 Å². The van der Waals surface area contributed by atoms with Gasteiger partial charge >= 0.3 is 6.03 Å². The minimum absolute atomic E-state index is 0. The van der Waals surface area contributed by atoms with Crippen molar-refractivity contribution in [2.24, 2.45) is 0 Å². The van der Waals surface area contributed by atoms with Gasteiger partial charge in [0.25, 0.3) is 0 Å². The predicted molar refractivity (Wildman–Crippen MR) is 65.2 cm³/mol. The lowest BCUT2D eigenvalue weighted by Crippen LogP contribution is -2.48. The van der Waals surface area contributed by atoms with Crippen LogP contribution in [0.15, 0.2) is 12.3 Å². The zero-order valence-corrected chi connectivity index (χ0v) is 10.6. The van der Waals surface area contributed by atoms with E-state index in [-0.39, 0.29) is 24.5 Å². The van der Waals surface area contributed by atoms with E-state index in [4.69, 9.17) is 0 Å². The highest BCUT2D eigenvalue weighted by Crippen LogP contribution is 2.13. The predicted octanol–water partition coefficient (Wildman–Crippen LogP) is 2.87. The molecule has 4 heteroatoms. The highest BCUT2D eigenvalue weighted by atomic mass is 35.5.